The van der Waals surface area contributed by atoms with Gasteiger partial charge in [0.05, 0.1) is 11.3 Å². The van der Waals surface area contributed by atoms with Crippen molar-refractivity contribution in [3.05, 3.63) is 24.3 Å². The quantitative estimate of drug-likeness (QED) is 0.358. The molecule has 0 radical (unpaired) electrons. The second kappa shape index (κ2) is 8.70. The van der Waals surface area contributed by atoms with Gasteiger partial charge in [-0.1, -0.05) is 30.8 Å². The molecule has 4 amide bonds. The Morgan fingerprint density at radius 1 is 1.26 bits per heavy atom. The van der Waals surface area contributed by atoms with Gasteiger partial charge in [-0.05, 0) is 50.7 Å². The van der Waals surface area contributed by atoms with Crippen molar-refractivity contribution in [1.29, 1.82) is 0 Å². The number of nitrogens with zero attached hydrogens (tertiary/aromatic N) is 3. The van der Waals surface area contributed by atoms with E-state index in [2.05, 4.69) is 33.0 Å². The lowest BCUT2D eigenvalue weighted by atomic mass is 9.77. The van der Waals surface area contributed by atoms with E-state index in [1.807, 2.05) is 31.2 Å². The summed E-state index contributed by atoms with van der Waals surface area (Å²) in [4.78, 5) is 46.7. The van der Waals surface area contributed by atoms with Crippen molar-refractivity contribution in [2.45, 2.75) is 50.2 Å². The predicted molar refractivity (Wildman–Crippen MR) is 118 cm³/mol. The Morgan fingerprint density at radius 2 is 2.00 bits per heavy atom. The highest BCUT2D eigenvalue weighted by Gasteiger charge is 2.52. The second-order valence-electron chi connectivity index (χ2n) is 8.06. The molecule has 31 heavy (non-hydrogen) atoms. The molecule has 2 aromatic rings. The van der Waals surface area contributed by atoms with E-state index in [9.17, 15) is 14.4 Å². The Balaban J connectivity index is 1.40. The van der Waals surface area contributed by atoms with Crippen LogP contribution >= 0.6 is 11.8 Å². The van der Waals surface area contributed by atoms with Crippen LogP contribution in [0.25, 0.3) is 10.9 Å². The third-order valence-corrected chi connectivity index (χ3v) is 6.63. The van der Waals surface area contributed by atoms with Crippen molar-refractivity contribution in [1.82, 2.24) is 25.7 Å². The Bertz CT molecular complexity index is 1020. The van der Waals surface area contributed by atoms with Gasteiger partial charge in [-0.25, -0.2) is 14.8 Å². The normalized spacial score (nSPS) is 23.3. The number of carbonyl (C=O) groups excluding carboxylic acids is 3. The number of fused-ring (bicyclic) bond motifs is 1. The minimum absolute atomic E-state index is 0.0228. The molecule has 164 valence electrons. The van der Waals surface area contributed by atoms with Crippen LogP contribution in [-0.4, -0.2) is 50.7 Å². The summed E-state index contributed by atoms with van der Waals surface area (Å²) in [5, 5.41) is 8.18. The Hall–Kier alpha value is -2.88. The number of rotatable bonds is 6. The van der Waals surface area contributed by atoms with Crippen molar-refractivity contribution in [3.63, 3.8) is 0 Å². The van der Waals surface area contributed by atoms with Gasteiger partial charge in [-0.2, -0.15) is 5.01 Å². The minimum Gasteiger partial charge on any atom is -0.370 e. The summed E-state index contributed by atoms with van der Waals surface area (Å²) in [6, 6.07) is 7.07. The molecule has 1 saturated heterocycles. The van der Waals surface area contributed by atoms with E-state index < -0.39 is 17.5 Å². The summed E-state index contributed by atoms with van der Waals surface area (Å²) in [5.74, 6) is 0.379. The number of hydrogen-bond donors (Lipinski definition) is 3. The molecule has 10 heteroatoms. The molecule has 1 aromatic heterocycles. The standard InChI is InChI=1S/C21H26N6O3S/c1-3-22-17-14-6-4-5-7-15(14)23-19(24-17)31-12-16(28)26-27-18(29)21(25-20(27)30)10-8-13(2)9-11-21/h4-7,13H,3,8-12H2,1-2H3,(H,25,30)(H,26,28)(H,22,23,24). The fourth-order valence-corrected chi connectivity index (χ4v) is 4.67. The van der Waals surface area contributed by atoms with E-state index in [1.165, 1.54) is 0 Å². The summed E-state index contributed by atoms with van der Waals surface area (Å²) in [6.07, 6.45) is 2.93. The smallest absolute Gasteiger partial charge is 0.344 e. The number of imide groups is 1. The molecule has 1 spiro atoms. The maximum Gasteiger partial charge on any atom is 0.344 e. The van der Waals surface area contributed by atoms with Gasteiger partial charge in [0.2, 0.25) is 5.91 Å². The molecule has 1 saturated carbocycles. The molecule has 1 aromatic carbocycles. The summed E-state index contributed by atoms with van der Waals surface area (Å²) in [7, 11) is 0. The van der Waals surface area contributed by atoms with Crippen LogP contribution in [0, 0.1) is 5.92 Å². The Morgan fingerprint density at radius 3 is 2.74 bits per heavy atom. The van der Waals surface area contributed by atoms with Gasteiger partial charge in [0.1, 0.15) is 11.4 Å². The lowest BCUT2D eigenvalue weighted by Crippen LogP contribution is -2.51. The third kappa shape index (κ3) is 4.30. The van der Waals surface area contributed by atoms with E-state index in [1.54, 1.807) is 0 Å². The maximum absolute atomic E-state index is 12.9. The van der Waals surface area contributed by atoms with Crippen molar-refractivity contribution in [2.75, 3.05) is 17.6 Å². The number of amides is 4. The first-order valence-corrected chi connectivity index (χ1v) is 11.5. The van der Waals surface area contributed by atoms with Crippen LogP contribution in [0.1, 0.15) is 39.5 Å². The van der Waals surface area contributed by atoms with Gasteiger partial charge in [0, 0.05) is 11.9 Å². The van der Waals surface area contributed by atoms with Crippen molar-refractivity contribution < 1.29 is 14.4 Å². The molecule has 3 N–H and O–H groups in total. The number of benzene rings is 1. The SMILES string of the molecule is CCNc1nc(SCC(=O)NN2C(=O)NC3(CCC(C)CC3)C2=O)nc2ccccc12. The van der Waals surface area contributed by atoms with E-state index in [4.69, 9.17) is 0 Å². The fourth-order valence-electron chi connectivity index (χ4n) is 4.02. The fraction of sp³-hybridized carbons (Fsp3) is 0.476. The number of carbonyl (C=O) groups is 3. The van der Waals surface area contributed by atoms with Crippen LogP contribution in [0.3, 0.4) is 0 Å². The highest BCUT2D eigenvalue weighted by molar-refractivity contribution is 7.99. The van der Waals surface area contributed by atoms with Gasteiger partial charge in [-0.3, -0.25) is 15.0 Å². The van der Waals surface area contributed by atoms with Crippen LogP contribution in [0.4, 0.5) is 10.6 Å². The predicted octanol–water partition coefficient (Wildman–Crippen LogP) is 2.69. The first kappa shape index (κ1) is 21.4. The summed E-state index contributed by atoms with van der Waals surface area (Å²) in [5.41, 5.74) is 2.34. The molecule has 2 fully saturated rings. The number of thioether (sulfide) groups is 1. The zero-order valence-corrected chi connectivity index (χ0v) is 18.4. The van der Waals surface area contributed by atoms with Gasteiger partial charge < -0.3 is 10.6 Å². The Kier molecular flexibility index (Phi) is 5.99. The topological polar surface area (TPSA) is 116 Å². The van der Waals surface area contributed by atoms with Gasteiger partial charge >= 0.3 is 6.03 Å². The molecule has 2 aliphatic rings. The minimum atomic E-state index is -0.883. The highest BCUT2D eigenvalue weighted by Crippen LogP contribution is 2.35. The van der Waals surface area contributed by atoms with Gasteiger partial charge in [0.15, 0.2) is 5.16 Å². The van der Waals surface area contributed by atoms with Crippen molar-refractivity contribution >= 4 is 46.3 Å². The second-order valence-corrected chi connectivity index (χ2v) is 9.00. The molecule has 1 aliphatic heterocycles. The lowest BCUT2D eigenvalue weighted by Gasteiger charge is -2.33. The first-order valence-electron chi connectivity index (χ1n) is 10.5. The van der Waals surface area contributed by atoms with E-state index in [0.29, 0.717) is 36.3 Å². The molecule has 9 nitrogen and oxygen atoms in total. The molecular weight excluding hydrogens is 416 g/mol. The van der Waals surface area contributed by atoms with Crippen LogP contribution in [-0.2, 0) is 9.59 Å². The molecule has 1 aliphatic carbocycles. The number of urea groups is 1. The lowest BCUT2D eigenvalue weighted by molar-refractivity contribution is -0.139. The summed E-state index contributed by atoms with van der Waals surface area (Å²) < 4.78 is 0. The summed E-state index contributed by atoms with van der Waals surface area (Å²) >= 11 is 1.15. The van der Waals surface area contributed by atoms with Crippen LogP contribution in [0.15, 0.2) is 29.4 Å². The van der Waals surface area contributed by atoms with E-state index >= 15 is 0 Å². The number of hydrazine groups is 1. The van der Waals surface area contributed by atoms with Crippen LogP contribution in [0.2, 0.25) is 0 Å². The third-order valence-electron chi connectivity index (χ3n) is 5.79. The van der Waals surface area contributed by atoms with Crippen LogP contribution in [0.5, 0.6) is 0 Å². The number of anilines is 1. The van der Waals surface area contributed by atoms with E-state index in [0.717, 1.165) is 40.5 Å². The van der Waals surface area contributed by atoms with E-state index in [-0.39, 0.29) is 11.7 Å². The Labute approximate surface area is 184 Å². The molecule has 0 bridgehead atoms. The molecular formula is C21H26N6O3S. The van der Waals surface area contributed by atoms with Crippen molar-refractivity contribution in [3.8, 4) is 0 Å². The highest BCUT2D eigenvalue weighted by atomic mass is 32.2. The molecule has 0 unspecified atom stereocenters. The molecule has 2 heterocycles. The average Bonchev–Trinajstić information content (AvgIpc) is 2.99. The van der Waals surface area contributed by atoms with Gasteiger partial charge in [0.25, 0.3) is 5.91 Å². The zero-order valence-electron chi connectivity index (χ0n) is 17.6. The summed E-state index contributed by atoms with van der Waals surface area (Å²) in [6.45, 7) is 4.83. The number of hydrogen-bond acceptors (Lipinski definition) is 7. The zero-order chi connectivity index (χ0) is 22.0. The molecule has 0 atom stereocenters. The van der Waals surface area contributed by atoms with Gasteiger partial charge in [-0.15, -0.1) is 0 Å². The number of nitrogens with one attached hydrogen (secondary N) is 3. The maximum atomic E-state index is 12.9. The largest absolute Gasteiger partial charge is 0.370 e. The number of aromatic nitrogens is 2. The average molecular weight is 443 g/mol. The first-order chi connectivity index (χ1) is 14.9. The monoisotopic (exact) mass is 442 g/mol. The number of para-hydroxylation sites is 1. The van der Waals surface area contributed by atoms with Crippen LogP contribution < -0.4 is 16.1 Å². The van der Waals surface area contributed by atoms with Crippen molar-refractivity contribution in [2.24, 2.45) is 5.92 Å². The molecule has 4 rings (SSSR count).